The van der Waals surface area contributed by atoms with Crippen LogP contribution in [0.25, 0.3) is 0 Å². The number of hydrogen-bond donors (Lipinski definition) is 1. The maximum Gasteiger partial charge on any atom is 0.410 e. The van der Waals surface area contributed by atoms with Crippen molar-refractivity contribution >= 4 is 6.09 Å². The maximum absolute atomic E-state index is 11.3. The van der Waals surface area contributed by atoms with E-state index in [2.05, 4.69) is 14.4 Å². The fourth-order valence-electron chi connectivity index (χ4n) is 1.68. The lowest BCUT2D eigenvalue weighted by atomic mass is 10.2. The standard InChI is InChI=1S/C8H10N2O4/c1-4-6-5(9-14-7(6)11)3-10(4)8(12)13-2/h4,9H,3H2,1-2H3. The van der Waals surface area contributed by atoms with Gasteiger partial charge in [0, 0.05) is 0 Å². The number of methoxy groups -OCH3 is 1. The second kappa shape index (κ2) is 2.90. The molecule has 0 fully saturated rings. The van der Waals surface area contributed by atoms with Gasteiger partial charge in [0.2, 0.25) is 0 Å². The zero-order valence-corrected chi connectivity index (χ0v) is 7.86. The average molecular weight is 198 g/mol. The molecule has 1 aliphatic heterocycles. The van der Waals surface area contributed by atoms with Gasteiger partial charge in [-0.1, -0.05) is 0 Å². The highest BCUT2D eigenvalue weighted by Crippen LogP contribution is 2.29. The van der Waals surface area contributed by atoms with Gasteiger partial charge in [0.05, 0.1) is 31.0 Å². The van der Waals surface area contributed by atoms with Crippen LogP contribution in [0.15, 0.2) is 9.32 Å². The van der Waals surface area contributed by atoms with Crippen molar-refractivity contribution in [2.45, 2.75) is 19.5 Å². The zero-order valence-electron chi connectivity index (χ0n) is 7.86. The van der Waals surface area contributed by atoms with Crippen LogP contribution in [0.2, 0.25) is 0 Å². The number of nitrogens with one attached hydrogen (secondary N) is 1. The van der Waals surface area contributed by atoms with E-state index in [1.807, 2.05) is 0 Å². The first-order valence-electron chi connectivity index (χ1n) is 4.20. The first-order valence-corrected chi connectivity index (χ1v) is 4.20. The van der Waals surface area contributed by atoms with E-state index < -0.39 is 11.7 Å². The number of aromatic amines is 1. The Kier molecular flexibility index (Phi) is 1.83. The summed E-state index contributed by atoms with van der Waals surface area (Å²) in [6, 6.07) is -0.292. The van der Waals surface area contributed by atoms with Gasteiger partial charge in [-0.3, -0.25) is 4.90 Å². The second-order valence-corrected chi connectivity index (χ2v) is 3.16. The largest absolute Gasteiger partial charge is 0.453 e. The van der Waals surface area contributed by atoms with E-state index in [1.54, 1.807) is 6.92 Å². The Bertz CT molecular complexity index is 419. The Hall–Kier alpha value is -1.72. The molecule has 6 nitrogen and oxygen atoms in total. The summed E-state index contributed by atoms with van der Waals surface area (Å²) in [6.07, 6.45) is -0.443. The van der Waals surface area contributed by atoms with Crippen LogP contribution < -0.4 is 5.63 Å². The Morgan fingerprint density at radius 3 is 3.00 bits per heavy atom. The summed E-state index contributed by atoms with van der Waals surface area (Å²) in [5, 5.41) is 2.49. The van der Waals surface area contributed by atoms with Crippen molar-refractivity contribution in [3.05, 3.63) is 21.7 Å². The van der Waals surface area contributed by atoms with E-state index in [4.69, 9.17) is 0 Å². The number of carbonyl (C=O) groups is 1. The van der Waals surface area contributed by atoms with Crippen molar-refractivity contribution in [2.24, 2.45) is 0 Å². The Labute approximate surface area is 79.4 Å². The molecule has 1 aliphatic rings. The predicted molar refractivity (Wildman–Crippen MR) is 45.7 cm³/mol. The monoisotopic (exact) mass is 198 g/mol. The molecule has 0 aromatic carbocycles. The molecule has 0 saturated carbocycles. The van der Waals surface area contributed by atoms with Gasteiger partial charge in [-0.25, -0.2) is 14.7 Å². The highest BCUT2D eigenvalue weighted by atomic mass is 16.5. The van der Waals surface area contributed by atoms with Crippen LogP contribution in [0.5, 0.6) is 0 Å². The molecule has 1 atom stereocenters. The number of nitrogens with zero attached hydrogens (tertiary/aromatic N) is 1. The molecule has 0 spiro atoms. The summed E-state index contributed by atoms with van der Waals surface area (Å²) in [5.74, 6) is 0. The van der Waals surface area contributed by atoms with Gasteiger partial charge in [0.1, 0.15) is 0 Å². The number of carbonyl (C=O) groups excluding carboxylic acids is 1. The first-order chi connectivity index (χ1) is 6.65. The molecule has 1 aromatic rings. The quantitative estimate of drug-likeness (QED) is 0.662. The van der Waals surface area contributed by atoms with Gasteiger partial charge in [-0.05, 0) is 6.92 Å². The summed E-state index contributed by atoms with van der Waals surface area (Å²) < 4.78 is 9.20. The summed E-state index contributed by atoms with van der Waals surface area (Å²) in [5.41, 5.74) is 0.738. The maximum atomic E-state index is 11.3. The molecule has 0 bridgehead atoms. The number of H-pyrrole nitrogens is 1. The molecule has 1 amide bonds. The van der Waals surface area contributed by atoms with Crippen LogP contribution in [0.3, 0.4) is 0 Å². The van der Waals surface area contributed by atoms with Gasteiger partial charge in [-0.2, -0.15) is 0 Å². The minimum atomic E-state index is -0.443. The van der Waals surface area contributed by atoms with Crippen LogP contribution in [0, 0.1) is 0 Å². The number of fused-ring (bicyclic) bond motifs is 1. The number of amides is 1. The fourth-order valence-corrected chi connectivity index (χ4v) is 1.68. The van der Waals surface area contributed by atoms with Gasteiger partial charge in [0.25, 0.3) is 0 Å². The van der Waals surface area contributed by atoms with Gasteiger partial charge in [-0.15, -0.1) is 0 Å². The number of hydrogen-bond acceptors (Lipinski definition) is 4. The van der Waals surface area contributed by atoms with Crippen molar-refractivity contribution < 1.29 is 14.1 Å². The molecule has 14 heavy (non-hydrogen) atoms. The molecule has 2 rings (SSSR count). The minimum Gasteiger partial charge on any atom is -0.453 e. The Balaban J connectivity index is 2.35. The molecule has 76 valence electrons. The smallest absolute Gasteiger partial charge is 0.410 e. The van der Waals surface area contributed by atoms with Crippen LogP contribution >= 0.6 is 0 Å². The van der Waals surface area contributed by atoms with Gasteiger partial charge in [0.15, 0.2) is 0 Å². The van der Waals surface area contributed by atoms with Crippen LogP contribution in [-0.2, 0) is 11.3 Å². The molecule has 1 aromatic heterocycles. The highest BCUT2D eigenvalue weighted by Gasteiger charge is 2.35. The summed E-state index contributed by atoms with van der Waals surface area (Å²) >= 11 is 0. The summed E-state index contributed by atoms with van der Waals surface area (Å²) in [4.78, 5) is 23.9. The van der Waals surface area contributed by atoms with E-state index >= 15 is 0 Å². The van der Waals surface area contributed by atoms with Crippen molar-refractivity contribution in [2.75, 3.05) is 7.11 Å². The number of aromatic nitrogens is 1. The fraction of sp³-hybridized carbons (Fsp3) is 0.500. The predicted octanol–water partition coefficient (Wildman–Crippen LogP) is 0.611. The molecule has 0 saturated heterocycles. The molecule has 0 radical (unpaired) electrons. The molecule has 2 heterocycles. The normalized spacial score (nSPS) is 19.6. The van der Waals surface area contributed by atoms with Crippen LogP contribution in [0.1, 0.15) is 24.2 Å². The lowest BCUT2D eigenvalue weighted by Crippen LogP contribution is -2.29. The van der Waals surface area contributed by atoms with E-state index in [1.165, 1.54) is 12.0 Å². The Morgan fingerprint density at radius 2 is 2.43 bits per heavy atom. The molecule has 6 heteroatoms. The van der Waals surface area contributed by atoms with E-state index in [-0.39, 0.29) is 6.04 Å². The molecule has 1 N–H and O–H groups in total. The Morgan fingerprint density at radius 1 is 1.71 bits per heavy atom. The van der Waals surface area contributed by atoms with Crippen molar-refractivity contribution in [1.29, 1.82) is 0 Å². The third-order valence-corrected chi connectivity index (χ3v) is 2.43. The lowest BCUT2D eigenvalue weighted by Gasteiger charge is -2.19. The zero-order chi connectivity index (χ0) is 10.3. The van der Waals surface area contributed by atoms with E-state index in [0.717, 1.165) is 0 Å². The number of ether oxygens (including phenoxy) is 1. The highest BCUT2D eigenvalue weighted by molar-refractivity contribution is 5.69. The molecular formula is C8H10N2O4. The lowest BCUT2D eigenvalue weighted by molar-refractivity contribution is 0.110. The third kappa shape index (κ3) is 1.03. The van der Waals surface area contributed by atoms with Crippen molar-refractivity contribution in [1.82, 2.24) is 10.1 Å². The van der Waals surface area contributed by atoms with Gasteiger partial charge < -0.3 is 9.26 Å². The van der Waals surface area contributed by atoms with Crippen LogP contribution in [-0.4, -0.2) is 23.3 Å². The van der Waals surface area contributed by atoms with Crippen molar-refractivity contribution in [3.63, 3.8) is 0 Å². The SMILES string of the molecule is COC(=O)N1Cc2[nH]oc(=O)c2C1C. The minimum absolute atomic E-state index is 0.292. The topological polar surface area (TPSA) is 75.5 Å². The second-order valence-electron chi connectivity index (χ2n) is 3.16. The van der Waals surface area contributed by atoms with E-state index in [9.17, 15) is 9.59 Å². The summed E-state index contributed by atoms with van der Waals surface area (Å²) in [6.45, 7) is 2.09. The summed E-state index contributed by atoms with van der Waals surface area (Å²) in [7, 11) is 1.31. The molecule has 1 unspecified atom stereocenters. The first kappa shape index (κ1) is 8.86. The van der Waals surface area contributed by atoms with Gasteiger partial charge >= 0.3 is 11.7 Å². The van der Waals surface area contributed by atoms with Crippen LogP contribution in [0.4, 0.5) is 4.79 Å². The average Bonchev–Trinajstić information content (AvgIpc) is 2.68. The number of rotatable bonds is 0. The van der Waals surface area contributed by atoms with Crippen molar-refractivity contribution in [3.8, 4) is 0 Å². The third-order valence-electron chi connectivity index (χ3n) is 2.43. The molecular weight excluding hydrogens is 188 g/mol. The van der Waals surface area contributed by atoms with E-state index in [0.29, 0.717) is 17.8 Å². The molecule has 0 aliphatic carbocycles.